The molecule has 0 radical (unpaired) electrons. The summed E-state index contributed by atoms with van der Waals surface area (Å²) >= 11 is 7.65. The van der Waals surface area contributed by atoms with E-state index in [9.17, 15) is 0 Å². The molecule has 3 heterocycles. The number of nitrogens with zero attached hydrogens (tertiary/aromatic N) is 7. The third-order valence-corrected chi connectivity index (χ3v) is 4.95. The van der Waals surface area contributed by atoms with Crippen LogP contribution in [0.3, 0.4) is 0 Å². The number of aryl methyl sites for hydroxylation is 2. The van der Waals surface area contributed by atoms with Crippen LogP contribution in [0.4, 0.5) is 10.8 Å². The molecule has 0 saturated carbocycles. The summed E-state index contributed by atoms with van der Waals surface area (Å²) in [5, 5.41) is 21.1. The highest BCUT2D eigenvalue weighted by Gasteiger charge is 2.12. The van der Waals surface area contributed by atoms with Crippen LogP contribution < -0.4 is 5.32 Å². The summed E-state index contributed by atoms with van der Waals surface area (Å²) in [6.07, 6.45) is 3.15. The fourth-order valence-electron chi connectivity index (χ4n) is 2.48. The van der Waals surface area contributed by atoms with E-state index in [2.05, 4.69) is 30.7 Å². The van der Waals surface area contributed by atoms with E-state index >= 15 is 0 Å². The molecule has 4 aromatic rings. The number of para-hydroxylation sites is 1. The zero-order valence-electron chi connectivity index (χ0n) is 14.5. The Morgan fingerprint density at radius 2 is 2.04 bits per heavy atom. The zero-order chi connectivity index (χ0) is 18.8. The maximum atomic E-state index is 6.25. The van der Waals surface area contributed by atoms with Gasteiger partial charge in [-0.1, -0.05) is 41.1 Å². The average Bonchev–Trinajstić information content (AvgIpc) is 3.33. The highest BCUT2D eigenvalue weighted by molar-refractivity contribution is 7.17. The maximum absolute atomic E-state index is 6.25. The van der Waals surface area contributed by atoms with Gasteiger partial charge in [-0.2, -0.15) is 14.9 Å². The van der Waals surface area contributed by atoms with Crippen molar-refractivity contribution >= 4 is 40.0 Å². The van der Waals surface area contributed by atoms with Crippen LogP contribution in [0.2, 0.25) is 5.15 Å². The summed E-state index contributed by atoms with van der Waals surface area (Å²) < 4.78 is 3.23. The number of aromatic nitrogens is 6. The molecule has 0 fully saturated rings. The number of nitrogens with one attached hydrogen (secondary N) is 1. The lowest BCUT2D eigenvalue weighted by Crippen LogP contribution is -2.06. The molecule has 136 valence electrons. The van der Waals surface area contributed by atoms with Crippen LogP contribution in [0.25, 0.3) is 5.95 Å². The molecule has 1 N–H and O–H groups in total. The van der Waals surface area contributed by atoms with Crippen molar-refractivity contribution in [1.82, 2.24) is 29.6 Å². The second kappa shape index (κ2) is 7.29. The first-order valence-corrected chi connectivity index (χ1v) is 9.26. The molecule has 3 aromatic heterocycles. The monoisotopic (exact) mass is 398 g/mol. The Labute approximate surface area is 164 Å². The van der Waals surface area contributed by atoms with Gasteiger partial charge < -0.3 is 5.32 Å². The van der Waals surface area contributed by atoms with Gasteiger partial charge in [-0.15, -0.1) is 10.2 Å². The maximum Gasteiger partial charge on any atom is 0.273 e. The number of halogens is 1. The van der Waals surface area contributed by atoms with Gasteiger partial charge in [-0.3, -0.25) is 0 Å². The van der Waals surface area contributed by atoms with Crippen molar-refractivity contribution in [2.45, 2.75) is 13.8 Å². The van der Waals surface area contributed by atoms with Crippen LogP contribution in [0.5, 0.6) is 0 Å². The van der Waals surface area contributed by atoms with Crippen molar-refractivity contribution in [1.29, 1.82) is 0 Å². The zero-order valence-corrected chi connectivity index (χ0v) is 16.1. The van der Waals surface area contributed by atoms with Gasteiger partial charge in [0.15, 0.2) is 10.3 Å². The van der Waals surface area contributed by atoms with Crippen LogP contribution in [-0.2, 0) is 0 Å². The first-order valence-electron chi connectivity index (χ1n) is 8.06. The summed E-state index contributed by atoms with van der Waals surface area (Å²) in [5.74, 6) is 0.500. The summed E-state index contributed by atoms with van der Waals surface area (Å²) in [4.78, 5) is 5.05. The Bertz CT molecular complexity index is 1100. The summed E-state index contributed by atoms with van der Waals surface area (Å²) in [7, 11) is 0. The molecular formula is C17H15ClN8S. The third kappa shape index (κ3) is 3.74. The van der Waals surface area contributed by atoms with Gasteiger partial charge in [0.1, 0.15) is 6.33 Å². The first kappa shape index (κ1) is 17.4. The van der Waals surface area contributed by atoms with Gasteiger partial charge >= 0.3 is 0 Å². The summed E-state index contributed by atoms with van der Waals surface area (Å²) in [5.41, 5.74) is 2.78. The molecule has 1 aromatic carbocycles. The first-order chi connectivity index (χ1) is 13.1. The van der Waals surface area contributed by atoms with Crippen LogP contribution in [0, 0.1) is 13.8 Å². The lowest BCUT2D eigenvalue weighted by molar-refractivity contribution is 0.717. The predicted molar refractivity (Wildman–Crippen MR) is 106 cm³/mol. The minimum Gasteiger partial charge on any atom is -0.331 e. The van der Waals surface area contributed by atoms with Gasteiger partial charge in [-0.05, 0) is 32.0 Å². The fraction of sp³-hybridized carbons (Fsp3) is 0.118. The quantitative estimate of drug-likeness (QED) is 0.516. The normalized spacial score (nSPS) is 11.4. The number of rotatable bonds is 5. The standard InChI is InChI=1S/C17H15ClN8S/c1-11-8-12(2)26(24-11)17-23-19-10-25(17)20-9-14-15(18)22-16(27-14)21-13-6-4-3-5-7-13/h3-10H,1-2H3,(H,21,22)/b20-9+. The Kier molecular flexibility index (Phi) is 4.69. The molecule has 0 atom stereocenters. The van der Waals surface area contributed by atoms with Gasteiger partial charge in [0.25, 0.3) is 5.95 Å². The molecule has 4 rings (SSSR count). The van der Waals surface area contributed by atoms with E-state index in [1.807, 2.05) is 50.2 Å². The Morgan fingerprint density at radius 1 is 1.22 bits per heavy atom. The largest absolute Gasteiger partial charge is 0.331 e. The molecule has 0 spiro atoms. The molecule has 8 nitrogen and oxygen atoms in total. The topological polar surface area (TPSA) is 85.8 Å². The highest BCUT2D eigenvalue weighted by atomic mass is 35.5. The van der Waals surface area contributed by atoms with Crippen molar-refractivity contribution in [2.24, 2.45) is 5.10 Å². The highest BCUT2D eigenvalue weighted by Crippen LogP contribution is 2.28. The Hall–Kier alpha value is -3.04. The minimum atomic E-state index is 0.378. The Balaban J connectivity index is 1.58. The second-order valence-corrected chi connectivity index (χ2v) is 7.11. The van der Waals surface area contributed by atoms with E-state index in [-0.39, 0.29) is 0 Å². The lowest BCUT2D eigenvalue weighted by Gasteiger charge is -2.01. The lowest BCUT2D eigenvalue weighted by atomic mass is 10.3. The van der Waals surface area contributed by atoms with Gasteiger partial charge in [-0.25, -0.2) is 9.67 Å². The third-order valence-electron chi connectivity index (χ3n) is 3.65. The molecule has 0 aliphatic rings. The van der Waals surface area contributed by atoms with E-state index in [0.29, 0.717) is 16.2 Å². The number of anilines is 2. The predicted octanol–water partition coefficient (Wildman–Crippen LogP) is 3.82. The van der Waals surface area contributed by atoms with Crippen molar-refractivity contribution < 1.29 is 0 Å². The van der Waals surface area contributed by atoms with Crippen molar-refractivity contribution in [3.05, 3.63) is 64.1 Å². The second-order valence-electron chi connectivity index (χ2n) is 5.72. The Morgan fingerprint density at radius 3 is 2.78 bits per heavy atom. The smallest absolute Gasteiger partial charge is 0.273 e. The van der Waals surface area contributed by atoms with Crippen LogP contribution in [0.1, 0.15) is 16.3 Å². The molecule has 0 amide bonds. The van der Waals surface area contributed by atoms with Crippen LogP contribution in [-0.4, -0.2) is 35.9 Å². The van der Waals surface area contributed by atoms with E-state index < -0.39 is 0 Å². The van der Waals surface area contributed by atoms with Gasteiger partial charge in [0, 0.05) is 11.4 Å². The molecule has 0 bridgehead atoms. The van der Waals surface area contributed by atoms with Gasteiger partial charge in [0.05, 0.1) is 16.8 Å². The molecule has 27 heavy (non-hydrogen) atoms. The number of hydrogen-bond acceptors (Lipinski definition) is 7. The molecule has 0 unspecified atom stereocenters. The molecule has 0 saturated heterocycles. The number of benzene rings is 1. The van der Waals surface area contributed by atoms with Crippen molar-refractivity contribution in [3.8, 4) is 5.95 Å². The van der Waals surface area contributed by atoms with Gasteiger partial charge in [0.2, 0.25) is 0 Å². The van der Waals surface area contributed by atoms with Crippen molar-refractivity contribution in [3.63, 3.8) is 0 Å². The van der Waals surface area contributed by atoms with E-state index in [4.69, 9.17) is 11.6 Å². The van der Waals surface area contributed by atoms with E-state index in [0.717, 1.165) is 22.0 Å². The number of thiazole rings is 1. The summed E-state index contributed by atoms with van der Waals surface area (Å²) in [6.45, 7) is 3.87. The minimum absolute atomic E-state index is 0.378. The van der Waals surface area contributed by atoms with Crippen LogP contribution >= 0.6 is 22.9 Å². The van der Waals surface area contributed by atoms with E-state index in [1.54, 1.807) is 15.6 Å². The molecule has 10 heteroatoms. The molecule has 0 aliphatic heterocycles. The summed E-state index contributed by atoms with van der Waals surface area (Å²) in [6, 6.07) is 11.7. The molecule has 0 aliphatic carbocycles. The van der Waals surface area contributed by atoms with E-state index in [1.165, 1.54) is 17.7 Å². The SMILES string of the molecule is Cc1cc(C)n(-c2nncn2/N=C/c2sc(Nc3ccccc3)nc2Cl)n1. The molecular weight excluding hydrogens is 384 g/mol. The van der Waals surface area contributed by atoms with Crippen molar-refractivity contribution in [2.75, 3.05) is 5.32 Å². The fourth-order valence-corrected chi connectivity index (χ4v) is 3.53. The average molecular weight is 399 g/mol. The number of hydrogen-bond donors (Lipinski definition) is 1. The van der Waals surface area contributed by atoms with Crippen LogP contribution in [0.15, 0.2) is 47.8 Å².